The predicted octanol–water partition coefficient (Wildman–Crippen LogP) is 4.19. The highest BCUT2D eigenvalue weighted by Crippen LogP contribution is 2.35. The van der Waals surface area contributed by atoms with Crippen molar-refractivity contribution in [2.75, 3.05) is 5.32 Å². The first kappa shape index (κ1) is 15.4. The van der Waals surface area contributed by atoms with Gasteiger partial charge in [0.1, 0.15) is 17.4 Å². The molecule has 4 aromatic rings. The van der Waals surface area contributed by atoms with Crippen LogP contribution >= 0.6 is 0 Å². The van der Waals surface area contributed by atoms with Gasteiger partial charge < -0.3 is 9.88 Å². The molecule has 0 aliphatic carbocycles. The standard InChI is InChI=1S/C21H14FN5/c22-16-9-7-14(8-10-16)20-19-6-3-11-26(19)21-15(12-23)13-24-27(21)18-5-2-1-4-17(18)25-20/h1-11,13,20,25H. The highest BCUT2D eigenvalue weighted by Gasteiger charge is 2.26. The number of benzene rings is 2. The Morgan fingerprint density at radius 3 is 2.67 bits per heavy atom. The SMILES string of the molecule is N#Cc1cnn2c1-n1cccc1C(c1ccc(F)cc1)Nc1ccccc1-2. The molecule has 0 spiro atoms. The topological polar surface area (TPSA) is 58.6 Å². The normalized spacial score (nSPS) is 14.7. The van der Waals surface area contributed by atoms with E-state index in [4.69, 9.17) is 0 Å². The van der Waals surface area contributed by atoms with Crippen LogP contribution in [0.3, 0.4) is 0 Å². The molecule has 1 N–H and O–H groups in total. The average Bonchev–Trinajstić information content (AvgIpc) is 3.32. The first-order valence-corrected chi connectivity index (χ1v) is 8.53. The van der Waals surface area contributed by atoms with Crippen LogP contribution in [-0.2, 0) is 0 Å². The molecule has 27 heavy (non-hydrogen) atoms. The molecule has 0 fully saturated rings. The average molecular weight is 355 g/mol. The highest BCUT2D eigenvalue weighted by molar-refractivity contribution is 5.66. The van der Waals surface area contributed by atoms with E-state index in [1.807, 2.05) is 47.2 Å². The van der Waals surface area contributed by atoms with Gasteiger partial charge in [-0.15, -0.1) is 0 Å². The van der Waals surface area contributed by atoms with E-state index in [0.717, 1.165) is 22.6 Å². The lowest BCUT2D eigenvalue weighted by atomic mass is 10.0. The number of rotatable bonds is 1. The minimum absolute atomic E-state index is 0.211. The van der Waals surface area contributed by atoms with Crippen molar-refractivity contribution in [3.63, 3.8) is 0 Å². The van der Waals surface area contributed by atoms with Crippen molar-refractivity contribution in [3.05, 3.63) is 95.7 Å². The number of nitriles is 1. The Kier molecular flexibility index (Phi) is 3.34. The minimum atomic E-state index is -0.273. The molecule has 130 valence electrons. The lowest BCUT2D eigenvalue weighted by molar-refractivity contribution is 0.626. The molecule has 5 rings (SSSR count). The predicted molar refractivity (Wildman–Crippen MR) is 99.5 cm³/mol. The van der Waals surface area contributed by atoms with Crippen LogP contribution in [0.25, 0.3) is 11.5 Å². The van der Waals surface area contributed by atoms with E-state index in [1.54, 1.807) is 23.0 Å². The zero-order valence-corrected chi connectivity index (χ0v) is 14.2. The van der Waals surface area contributed by atoms with Crippen molar-refractivity contribution in [1.82, 2.24) is 14.3 Å². The highest BCUT2D eigenvalue weighted by atomic mass is 19.1. The maximum Gasteiger partial charge on any atom is 0.158 e. The van der Waals surface area contributed by atoms with Gasteiger partial charge in [0.15, 0.2) is 5.82 Å². The zero-order valence-electron chi connectivity index (χ0n) is 14.2. The molecule has 2 aromatic carbocycles. The zero-order chi connectivity index (χ0) is 18.4. The molecule has 1 unspecified atom stereocenters. The number of para-hydroxylation sites is 2. The van der Waals surface area contributed by atoms with Gasteiger partial charge in [-0.1, -0.05) is 24.3 Å². The van der Waals surface area contributed by atoms with Crippen LogP contribution in [0.4, 0.5) is 10.1 Å². The summed E-state index contributed by atoms with van der Waals surface area (Å²) in [5.41, 5.74) is 4.09. The van der Waals surface area contributed by atoms with E-state index in [2.05, 4.69) is 16.5 Å². The summed E-state index contributed by atoms with van der Waals surface area (Å²) in [7, 11) is 0. The van der Waals surface area contributed by atoms with Gasteiger partial charge in [-0.25, -0.2) is 9.07 Å². The third-order valence-corrected chi connectivity index (χ3v) is 4.80. The second-order valence-corrected chi connectivity index (χ2v) is 6.35. The molecule has 5 nitrogen and oxygen atoms in total. The van der Waals surface area contributed by atoms with Gasteiger partial charge in [0.25, 0.3) is 0 Å². The van der Waals surface area contributed by atoms with Crippen LogP contribution in [0.5, 0.6) is 0 Å². The Hall–Kier alpha value is -3.85. The number of hydrogen-bond acceptors (Lipinski definition) is 3. The quantitative estimate of drug-likeness (QED) is 0.557. The molecular weight excluding hydrogens is 341 g/mol. The number of anilines is 1. The van der Waals surface area contributed by atoms with Crippen molar-refractivity contribution in [3.8, 4) is 17.6 Å². The van der Waals surface area contributed by atoms with Crippen LogP contribution in [0.1, 0.15) is 22.9 Å². The summed E-state index contributed by atoms with van der Waals surface area (Å²) < 4.78 is 17.2. The van der Waals surface area contributed by atoms with Gasteiger partial charge in [-0.2, -0.15) is 10.4 Å². The Morgan fingerprint density at radius 2 is 1.85 bits per heavy atom. The van der Waals surface area contributed by atoms with Crippen LogP contribution in [0.15, 0.2) is 73.1 Å². The molecule has 1 aliphatic rings. The van der Waals surface area contributed by atoms with Gasteiger partial charge in [0.2, 0.25) is 0 Å². The summed E-state index contributed by atoms with van der Waals surface area (Å²) in [6.45, 7) is 0. The molecule has 1 atom stereocenters. The molecule has 0 saturated carbocycles. The van der Waals surface area contributed by atoms with E-state index in [1.165, 1.54) is 12.1 Å². The van der Waals surface area contributed by atoms with E-state index in [-0.39, 0.29) is 11.9 Å². The lowest BCUT2D eigenvalue weighted by Crippen LogP contribution is -2.22. The monoisotopic (exact) mass is 355 g/mol. The Morgan fingerprint density at radius 1 is 1.04 bits per heavy atom. The second kappa shape index (κ2) is 5.85. The fraction of sp³-hybridized carbons (Fsp3) is 0.0476. The molecule has 6 heteroatoms. The number of nitrogens with one attached hydrogen (secondary N) is 1. The summed E-state index contributed by atoms with van der Waals surface area (Å²) in [6.07, 6.45) is 3.49. The van der Waals surface area contributed by atoms with Gasteiger partial charge in [0.05, 0.1) is 29.3 Å². The molecule has 0 amide bonds. The molecule has 0 bridgehead atoms. The van der Waals surface area contributed by atoms with Gasteiger partial charge in [0, 0.05) is 6.20 Å². The summed E-state index contributed by atoms with van der Waals surface area (Å²) >= 11 is 0. The van der Waals surface area contributed by atoms with Crippen LogP contribution in [0, 0.1) is 17.1 Å². The largest absolute Gasteiger partial charge is 0.371 e. The Bertz CT molecular complexity index is 1180. The van der Waals surface area contributed by atoms with Gasteiger partial charge >= 0.3 is 0 Å². The molecule has 1 aliphatic heterocycles. The van der Waals surface area contributed by atoms with Crippen molar-refractivity contribution in [2.24, 2.45) is 0 Å². The fourth-order valence-electron chi connectivity index (χ4n) is 3.57. The van der Waals surface area contributed by atoms with E-state index in [9.17, 15) is 9.65 Å². The lowest BCUT2D eigenvalue weighted by Gasteiger charge is -2.27. The Balaban J connectivity index is 1.82. The second-order valence-electron chi connectivity index (χ2n) is 6.35. The fourth-order valence-corrected chi connectivity index (χ4v) is 3.57. The van der Waals surface area contributed by atoms with E-state index >= 15 is 0 Å². The molecular formula is C21H14FN5. The smallest absolute Gasteiger partial charge is 0.158 e. The van der Waals surface area contributed by atoms with Crippen molar-refractivity contribution in [2.45, 2.75) is 6.04 Å². The van der Waals surface area contributed by atoms with E-state index < -0.39 is 0 Å². The van der Waals surface area contributed by atoms with Crippen LogP contribution in [0.2, 0.25) is 0 Å². The number of halogens is 1. The molecule has 3 heterocycles. The summed E-state index contributed by atoms with van der Waals surface area (Å²) in [6, 6.07) is 20.2. The maximum atomic E-state index is 13.5. The number of hydrogen-bond donors (Lipinski definition) is 1. The summed E-state index contributed by atoms with van der Waals surface area (Å²) in [5.74, 6) is 0.420. The summed E-state index contributed by atoms with van der Waals surface area (Å²) in [4.78, 5) is 0. The third-order valence-electron chi connectivity index (χ3n) is 4.80. The number of nitrogens with zero attached hydrogens (tertiary/aromatic N) is 4. The summed E-state index contributed by atoms with van der Waals surface area (Å²) in [5, 5.41) is 17.6. The first-order chi connectivity index (χ1) is 13.3. The van der Waals surface area contributed by atoms with Gasteiger partial charge in [-0.05, 0) is 42.0 Å². The third kappa shape index (κ3) is 2.33. The van der Waals surface area contributed by atoms with Crippen LogP contribution < -0.4 is 5.32 Å². The number of aromatic nitrogens is 3. The minimum Gasteiger partial charge on any atom is -0.371 e. The first-order valence-electron chi connectivity index (χ1n) is 8.53. The maximum absolute atomic E-state index is 13.5. The number of fused-ring (bicyclic) bond motifs is 5. The van der Waals surface area contributed by atoms with Crippen molar-refractivity contribution >= 4 is 5.69 Å². The van der Waals surface area contributed by atoms with Crippen LogP contribution in [-0.4, -0.2) is 14.3 Å². The Labute approximate surface area is 154 Å². The van der Waals surface area contributed by atoms with Crippen molar-refractivity contribution in [1.29, 1.82) is 5.26 Å². The molecule has 2 aromatic heterocycles. The van der Waals surface area contributed by atoms with Gasteiger partial charge in [-0.3, -0.25) is 0 Å². The molecule has 0 radical (unpaired) electrons. The van der Waals surface area contributed by atoms with E-state index in [0.29, 0.717) is 11.4 Å². The van der Waals surface area contributed by atoms with Crippen molar-refractivity contribution < 1.29 is 4.39 Å². The molecule has 0 saturated heterocycles.